The Bertz CT molecular complexity index is 1020. The molecule has 0 bridgehead atoms. The van der Waals surface area contributed by atoms with Gasteiger partial charge in [-0.05, 0) is 25.1 Å². The number of hydrogen-bond donors (Lipinski definition) is 2. The van der Waals surface area contributed by atoms with Crippen LogP contribution in [0.15, 0.2) is 47.6 Å². The normalized spacial score (nSPS) is 12.7. The number of H-pyrrole nitrogens is 1. The van der Waals surface area contributed by atoms with E-state index in [1.165, 1.54) is 6.92 Å². The van der Waals surface area contributed by atoms with Crippen LogP contribution in [-0.2, 0) is 11.0 Å². The summed E-state index contributed by atoms with van der Waals surface area (Å²) in [6, 6.07) is 9.39. The van der Waals surface area contributed by atoms with Crippen LogP contribution < -0.4 is 5.32 Å². The fourth-order valence-corrected chi connectivity index (χ4v) is 3.25. The zero-order valence-corrected chi connectivity index (χ0v) is 15.1. The molecule has 0 aliphatic rings. The van der Waals surface area contributed by atoms with E-state index in [2.05, 4.69) is 15.3 Å². The number of carbonyl (C=O) groups is 1. The second kappa shape index (κ2) is 7.50. The molecule has 146 valence electrons. The number of rotatable bonds is 5. The molecule has 1 aromatic heterocycles. The van der Waals surface area contributed by atoms with Crippen molar-refractivity contribution in [3.63, 3.8) is 0 Å². The van der Waals surface area contributed by atoms with Crippen molar-refractivity contribution < 1.29 is 22.9 Å². The van der Waals surface area contributed by atoms with Gasteiger partial charge in [0.2, 0.25) is 5.91 Å². The van der Waals surface area contributed by atoms with Crippen LogP contribution in [0, 0.1) is 10.1 Å². The molecule has 3 aromatic rings. The molecule has 0 aliphatic heterocycles. The van der Waals surface area contributed by atoms with Crippen LogP contribution in [0.25, 0.3) is 11.0 Å². The van der Waals surface area contributed by atoms with E-state index in [1.807, 2.05) is 12.1 Å². The lowest BCUT2D eigenvalue weighted by atomic mass is 10.1. The predicted molar refractivity (Wildman–Crippen MR) is 98.1 cm³/mol. The summed E-state index contributed by atoms with van der Waals surface area (Å²) in [5, 5.41) is 12.6. The van der Waals surface area contributed by atoms with Crippen LogP contribution in [0.5, 0.6) is 0 Å². The van der Waals surface area contributed by atoms with Gasteiger partial charge in [-0.3, -0.25) is 14.9 Å². The average Bonchev–Trinajstić information content (AvgIpc) is 3.03. The van der Waals surface area contributed by atoms with E-state index in [-0.39, 0.29) is 0 Å². The molecule has 28 heavy (non-hydrogen) atoms. The molecule has 0 spiro atoms. The third kappa shape index (κ3) is 4.25. The van der Waals surface area contributed by atoms with Crippen molar-refractivity contribution in [1.29, 1.82) is 0 Å². The number of thioether (sulfide) groups is 1. The molecule has 0 radical (unpaired) electrons. The van der Waals surface area contributed by atoms with E-state index >= 15 is 0 Å². The molecule has 3 rings (SSSR count). The van der Waals surface area contributed by atoms with Crippen molar-refractivity contribution in [2.75, 3.05) is 5.32 Å². The topological polar surface area (TPSA) is 101 Å². The maximum Gasteiger partial charge on any atom is 0.418 e. The maximum absolute atomic E-state index is 13.2. The minimum Gasteiger partial charge on any atom is -0.333 e. The summed E-state index contributed by atoms with van der Waals surface area (Å²) in [5.41, 5.74) is -1.06. The third-order valence-corrected chi connectivity index (χ3v) is 4.79. The number of fused-ring (bicyclic) bond motifs is 1. The van der Waals surface area contributed by atoms with Crippen LogP contribution in [0.4, 0.5) is 24.5 Å². The highest BCUT2D eigenvalue weighted by atomic mass is 32.2. The lowest BCUT2D eigenvalue weighted by molar-refractivity contribution is -0.385. The number of aromatic nitrogens is 2. The number of aromatic amines is 1. The highest BCUT2D eigenvalue weighted by Gasteiger charge is 2.36. The number of nitro groups is 1. The van der Waals surface area contributed by atoms with Crippen molar-refractivity contribution >= 4 is 40.1 Å². The van der Waals surface area contributed by atoms with E-state index in [9.17, 15) is 28.1 Å². The van der Waals surface area contributed by atoms with E-state index in [1.54, 1.807) is 12.1 Å². The molecule has 2 N–H and O–H groups in total. The van der Waals surface area contributed by atoms with Gasteiger partial charge in [-0.15, -0.1) is 0 Å². The summed E-state index contributed by atoms with van der Waals surface area (Å²) < 4.78 is 39.6. The standard InChI is InChI=1S/C17H13F3N4O3S/c1-9(28-16-22-13-4-2-3-5-14(13)23-16)15(25)21-12-7-6-10(24(26)27)8-11(12)17(18,19)20/h2-9H,1H3,(H,21,25)(H,22,23)/t9-/m1/s1. The Morgan fingerprint density at radius 2 is 2.00 bits per heavy atom. The largest absolute Gasteiger partial charge is 0.418 e. The summed E-state index contributed by atoms with van der Waals surface area (Å²) in [6.45, 7) is 1.52. The molecule has 0 saturated heterocycles. The van der Waals surface area contributed by atoms with Crippen LogP contribution in [0.3, 0.4) is 0 Å². The first-order valence-corrected chi connectivity index (χ1v) is 8.81. The Morgan fingerprint density at radius 3 is 2.64 bits per heavy atom. The quantitative estimate of drug-likeness (QED) is 0.363. The van der Waals surface area contributed by atoms with Gasteiger partial charge in [-0.1, -0.05) is 23.9 Å². The van der Waals surface area contributed by atoms with Crippen LogP contribution in [0.1, 0.15) is 12.5 Å². The molecule has 0 unspecified atom stereocenters. The van der Waals surface area contributed by atoms with Gasteiger partial charge in [-0.2, -0.15) is 13.2 Å². The first kappa shape index (κ1) is 19.7. The molecule has 2 aromatic carbocycles. The molecule has 0 aliphatic carbocycles. The summed E-state index contributed by atoms with van der Waals surface area (Å²) in [7, 11) is 0. The van der Waals surface area contributed by atoms with E-state index in [4.69, 9.17) is 0 Å². The van der Waals surface area contributed by atoms with Crippen molar-refractivity contribution in [1.82, 2.24) is 9.97 Å². The number of nitrogens with one attached hydrogen (secondary N) is 2. The number of halogens is 3. The zero-order chi connectivity index (χ0) is 20.5. The number of carbonyl (C=O) groups excluding carboxylic acids is 1. The van der Waals surface area contributed by atoms with Crippen LogP contribution >= 0.6 is 11.8 Å². The van der Waals surface area contributed by atoms with E-state index < -0.39 is 39.2 Å². The minimum absolute atomic E-state index is 0.396. The van der Waals surface area contributed by atoms with Crippen molar-refractivity contribution in [2.24, 2.45) is 0 Å². The van der Waals surface area contributed by atoms with Gasteiger partial charge in [-0.25, -0.2) is 4.98 Å². The van der Waals surface area contributed by atoms with Gasteiger partial charge < -0.3 is 10.3 Å². The number of benzene rings is 2. The van der Waals surface area contributed by atoms with Crippen LogP contribution in [-0.4, -0.2) is 26.0 Å². The lowest BCUT2D eigenvalue weighted by Crippen LogP contribution is -2.24. The molecule has 7 nitrogen and oxygen atoms in total. The number of imidazole rings is 1. The average molecular weight is 410 g/mol. The van der Waals surface area contributed by atoms with Crippen molar-refractivity contribution in [3.05, 3.63) is 58.1 Å². The minimum atomic E-state index is -4.86. The molecular weight excluding hydrogens is 397 g/mol. The molecule has 1 amide bonds. The number of alkyl halides is 3. The van der Waals surface area contributed by atoms with Gasteiger partial charge in [0.15, 0.2) is 5.16 Å². The molecule has 1 heterocycles. The highest BCUT2D eigenvalue weighted by molar-refractivity contribution is 8.00. The van der Waals surface area contributed by atoms with E-state index in [0.29, 0.717) is 16.7 Å². The molecule has 0 fully saturated rings. The van der Waals surface area contributed by atoms with Gasteiger partial charge in [0, 0.05) is 12.1 Å². The highest BCUT2D eigenvalue weighted by Crippen LogP contribution is 2.37. The Balaban J connectivity index is 1.78. The molecule has 1 atom stereocenters. The maximum atomic E-state index is 13.2. The number of nitrogens with zero attached hydrogens (tertiary/aromatic N) is 2. The molecule has 11 heteroatoms. The van der Waals surface area contributed by atoms with Gasteiger partial charge in [0.25, 0.3) is 5.69 Å². The monoisotopic (exact) mass is 410 g/mol. The number of amides is 1. The van der Waals surface area contributed by atoms with Crippen molar-refractivity contribution in [2.45, 2.75) is 23.5 Å². The second-order valence-electron chi connectivity index (χ2n) is 5.79. The Labute approximate surface area is 160 Å². The number of nitro benzene ring substituents is 1. The van der Waals surface area contributed by atoms with Gasteiger partial charge >= 0.3 is 6.18 Å². The predicted octanol–water partition coefficient (Wildman–Crippen LogP) is 4.61. The molecule has 0 saturated carbocycles. The number of anilines is 1. The first-order chi connectivity index (χ1) is 13.1. The molecular formula is C17H13F3N4O3S. The summed E-state index contributed by atoms with van der Waals surface area (Å²) >= 11 is 1.05. The zero-order valence-electron chi connectivity index (χ0n) is 14.3. The van der Waals surface area contributed by atoms with Gasteiger partial charge in [0.05, 0.1) is 32.5 Å². The van der Waals surface area contributed by atoms with Gasteiger partial charge in [0.1, 0.15) is 0 Å². The number of non-ortho nitro benzene ring substituents is 1. The second-order valence-corrected chi connectivity index (χ2v) is 7.12. The van der Waals surface area contributed by atoms with Crippen molar-refractivity contribution in [3.8, 4) is 0 Å². The fraction of sp³-hybridized carbons (Fsp3) is 0.176. The smallest absolute Gasteiger partial charge is 0.333 e. The number of para-hydroxylation sites is 2. The first-order valence-electron chi connectivity index (χ1n) is 7.93. The Kier molecular flexibility index (Phi) is 5.27. The summed E-state index contributed by atoms with van der Waals surface area (Å²) in [4.78, 5) is 29.5. The third-order valence-electron chi connectivity index (χ3n) is 3.80. The van der Waals surface area contributed by atoms with Crippen LogP contribution in [0.2, 0.25) is 0 Å². The van der Waals surface area contributed by atoms with E-state index in [0.717, 1.165) is 29.4 Å². The Hall–Kier alpha value is -3.08. The summed E-state index contributed by atoms with van der Waals surface area (Å²) in [6.07, 6.45) is -4.86. The Morgan fingerprint density at radius 1 is 1.29 bits per heavy atom. The fourth-order valence-electron chi connectivity index (χ4n) is 2.43. The SMILES string of the molecule is C[C@@H](Sc1nc2ccccc2[nH]1)C(=O)Nc1ccc([N+](=O)[O-])cc1C(F)(F)F. The number of hydrogen-bond acceptors (Lipinski definition) is 5. The summed E-state index contributed by atoms with van der Waals surface area (Å²) in [5.74, 6) is -0.690. The lowest BCUT2D eigenvalue weighted by Gasteiger charge is -2.15.